The van der Waals surface area contributed by atoms with E-state index in [1.165, 1.54) is 7.11 Å². The standard InChI is InChI=1S/C8H7BrClNO2/c1-4-3-5(9)7(10)11-6(4)8(12)13-2/h3H,1-2H3. The van der Waals surface area contributed by atoms with Gasteiger partial charge in [0.2, 0.25) is 0 Å². The van der Waals surface area contributed by atoms with E-state index in [9.17, 15) is 4.79 Å². The molecular weight excluding hydrogens is 257 g/mol. The van der Waals surface area contributed by atoms with Crippen molar-refractivity contribution in [1.82, 2.24) is 4.98 Å². The van der Waals surface area contributed by atoms with E-state index < -0.39 is 5.97 Å². The van der Waals surface area contributed by atoms with E-state index in [1.54, 1.807) is 13.0 Å². The monoisotopic (exact) mass is 263 g/mol. The first kappa shape index (κ1) is 10.5. The highest BCUT2D eigenvalue weighted by molar-refractivity contribution is 9.10. The number of carbonyl (C=O) groups is 1. The number of ether oxygens (including phenoxy) is 1. The zero-order valence-corrected chi connectivity index (χ0v) is 9.44. The molecule has 1 aromatic heterocycles. The Balaban J connectivity index is 3.23. The molecule has 0 spiro atoms. The van der Waals surface area contributed by atoms with Crippen LogP contribution < -0.4 is 0 Å². The molecule has 0 N–H and O–H groups in total. The van der Waals surface area contributed by atoms with Gasteiger partial charge >= 0.3 is 5.97 Å². The van der Waals surface area contributed by atoms with Crippen LogP contribution in [0.5, 0.6) is 0 Å². The maximum atomic E-state index is 11.1. The summed E-state index contributed by atoms with van der Waals surface area (Å²) < 4.78 is 5.20. The Morgan fingerprint density at radius 1 is 1.69 bits per heavy atom. The number of halogens is 2. The molecule has 0 fully saturated rings. The molecule has 0 unspecified atom stereocenters. The summed E-state index contributed by atoms with van der Waals surface area (Å²) in [5.41, 5.74) is 0.971. The van der Waals surface area contributed by atoms with Gasteiger partial charge in [-0.3, -0.25) is 0 Å². The van der Waals surface area contributed by atoms with Gasteiger partial charge in [0.25, 0.3) is 0 Å². The molecule has 1 aromatic rings. The lowest BCUT2D eigenvalue weighted by Gasteiger charge is -2.04. The van der Waals surface area contributed by atoms with Gasteiger partial charge in [0.1, 0.15) is 5.15 Å². The summed E-state index contributed by atoms with van der Waals surface area (Å²) in [6, 6.07) is 1.72. The topological polar surface area (TPSA) is 39.2 Å². The van der Waals surface area contributed by atoms with Gasteiger partial charge in [-0.15, -0.1) is 0 Å². The summed E-state index contributed by atoms with van der Waals surface area (Å²) in [6.07, 6.45) is 0. The Kier molecular flexibility index (Phi) is 3.27. The van der Waals surface area contributed by atoms with Crippen molar-refractivity contribution in [3.63, 3.8) is 0 Å². The smallest absolute Gasteiger partial charge is 0.356 e. The fraction of sp³-hybridized carbons (Fsp3) is 0.250. The zero-order valence-electron chi connectivity index (χ0n) is 7.10. The molecule has 0 aromatic carbocycles. The predicted molar refractivity (Wildman–Crippen MR) is 53.0 cm³/mol. The number of esters is 1. The zero-order chi connectivity index (χ0) is 10.0. The van der Waals surface area contributed by atoms with Crippen molar-refractivity contribution in [3.05, 3.63) is 26.9 Å². The van der Waals surface area contributed by atoms with Gasteiger partial charge < -0.3 is 4.74 Å². The van der Waals surface area contributed by atoms with Crippen molar-refractivity contribution in [1.29, 1.82) is 0 Å². The third-order valence-electron chi connectivity index (χ3n) is 1.50. The SMILES string of the molecule is COC(=O)c1nc(Cl)c(Br)cc1C. The minimum atomic E-state index is -0.480. The van der Waals surface area contributed by atoms with Gasteiger partial charge in [-0.05, 0) is 34.5 Å². The van der Waals surface area contributed by atoms with Gasteiger partial charge in [-0.2, -0.15) is 0 Å². The number of carbonyl (C=O) groups excluding carboxylic acids is 1. The largest absolute Gasteiger partial charge is 0.464 e. The van der Waals surface area contributed by atoms with Crippen molar-refractivity contribution >= 4 is 33.5 Å². The molecule has 0 aliphatic heterocycles. The second kappa shape index (κ2) is 4.07. The molecule has 70 valence electrons. The lowest BCUT2D eigenvalue weighted by molar-refractivity contribution is 0.0593. The summed E-state index contributed by atoms with van der Waals surface area (Å²) in [5.74, 6) is -0.480. The lowest BCUT2D eigenvalue weighted by atomic mass is 10.2. The van der Waals surface area contributed by atoms with Gasteiger partial charge in [0.05, 0.1) is 11.6 Å². The highest BCUT2D eigenvalue weighted by Crippen LogP contribution is 2.22. The molecule has 0 bridgehead atoms. The van der Waals surface area contributed by atoms with Gasteiger partial charge in [-0.1, -0.05) is 11.6 Å². The normalized spacial score (nSPS) is 9.85. The van der Waals surface area contributed by atoms with E-state index in [0.29, 0.717) is 4.47 Å². The molecule has 0 radical (unpaired) electrons. The van der Waals surface area contributed by atoms with Crippen LogP contribution in [0, 0.1) is 6.92 Å². The molecule has 0 saturated heterocycles. The molecule has 3 nitrogen and oxygen atoms in total. The Labute approximate surface area is 89.2 Å². The van der Waals surface area contributed by atoms with E-state index >= 15 is 0 Å². The van der Waals surface area contributed by atoms with Crippen LogP contribution in [0.4, 0.5) is 0 Å². The van der Waals surface area contributed by atoms with Crippen LogP contribution in [-0.2, 0) is 4.74 Å². The van der Waals surface area contributed by atoms with Crippen LogP contribution in [0.3, 0.4) is 0 Å². The summed E-state index contributed by atoms with van der Waals surface area (Å²) in [6.45, 7) is 1.76. The number of aryl methyl sites for hydroxylation is 1. The van der Waals surface area contributed by atoms with E-state index in [2.05, 4.69) is 25.7 Å². The number of pyridine rings is 1. The Morgan fingerprint density at radius 2 is 2.31 bits per heavy atom. The van der Waals surface area contributed by atoms with Crippen LogP contribution in [0.1, 0.15) is 16.1 Å². The number of hydrogen-bond acceptors (Lipinski definition) is 3. The lowest BCUT2D eigenvalue weighted by Crippen LogP contribution is -2.07. The third kappa shape index (κ3) is 2.19. The van der Waals surface area contributed by atoms with Crippen molar-refractivity contribution in [2.24, 2.45) is 0 Å². The molecular formula is C8H7BrClNO2. The first-order valence-corrected chi connectivity index (χ1v) is 4.64. The van der Waals surface area contributed by atoms with Crippen LogP contribution in [0.15, 0.2) is 10.5 Å². The molecule has 13 heavy (non-hydrogen) atoms. The highest BCUT2D eigenvalue weighted by Gasteiger charge is 2.13. The number of rotatable bonds is 1. The maximum absolute atomic E-state index is 11.1. The van der Waals surface area contributed by atoms with Crippen LogP contribution in [-0.4, -0.2) is 18.1 Å². The molecule has 0 aliphatic rings. The second-order valence-electron chi connectivity index (χ2n) is 2.42. The summed E-state index contributed by atoms with van der Waals surface area (Å²) in [5, 5.41) is 0.256. The molecule has 0 amide bonds. The Hall–Kier alpha value is -0.610. The van der Waals surface area contributed by atoms with Crippen molar-refractivity contribution < 1.29 is 9.53 Å². The molecule has 5 heteroatoms. The number of nitrogens with zero attached hydrogens (tertiary/aromatic N) is 1. The summed E-state index contributed by atoms with van der Waals surface area (Å²) in [7, 11) is 1.30. The number of hydrogen-bond donors (Lipinski definition) is 0. The fourth-order valence-corrected chi connectivity index (χ4v) is 1.43. The average Bonchev–Trinajstić information content (AvgIpc) is 2.10. The molecule has 0 saturated carbocycles. The van der Waals surface area contributed by atoms with Crippen LogP contribution >= 0.6 is 27.5 Å². The van der Waals surface area contributed by atoms with E-state index in [4.69, 9.17) is 11.6 Å². The number of methoxy groups -OCH3 is 1. The quantitative estimate of drug-likeness (QED) is 0.578. The first-order chi connectivity index (χ1) is 6.06. The van der Waals surface area contributed by atoms with E-state index in [0.717, 1.165) is 5.56 Å². The van der Waals surface area contributed by atoms with Gasteiger partial charge in [0, 0.05) is 0 Å². The first-order valence-electron chi connectivity index (χ1n) is 3.47. The Bertz CT molecular complexity index is 354. The summed E-state index contributed by atoms with van der Waals surface area (Å²) >= 11 is 8.93. The van der Waals surface area contributed by atoms with Gasteiger partial charge in [0.15, 0.2) is 5.69 Å². The molecule has 0 aliphatic carbocycles. The second-order valence-corrected chi connectivity index (χ2v) is 3.63. The molecule has 0 atom stereocenters. The minimum absolute atomic E-state index is 0.246. The van der Waals surface area contributed by atoms with E-state index in [-0.39, 0.29) is 10.8 Å². The number of aromatic nitrogens is 1. The molecule has 1 rings (SSSR count). The van der Waals surface area contributed by atoms with Crippen molar-refractivity contribution in [2.75, 3.05) is 7.11 Å². The van der Waals surface area contributed by atoms with Crippen molar-refractivity contribution in [3.8, 4) is 0 Å². The van der Waals surface area contributed by atoms with Crippen molar-refractivity contribution in [2.45, 2.75) is 6.92 Å². The van der Waals surface area contributed by atoms with Gasteiger partial charge in [-0.25, -0.2) is 9.78 Å². The fourth-order valence-electron chi connectivity index (χ4n) is 0.861. The Morgan fingerprint density at radius 3 is 2.85 bits per heavy atom. The highest BCUT2D eigenvalue weighted by atomic mass is 79.9. The van der Waals surface area contributed by atoms with Crippen LogP contribution in [0.25, 0.3) is 0 Å². The third-order valence-corrected chi connectivity index (χ3v) is 2.62. The van der Waals surface area contributed by atoms with E-state index in [1.807, 2.05) is 0 Å². The summed E-state index contributed by atoms with van der Waals surface area (Å²) in [4.78, 5) is 15.0. The molecule has 1 heterocycles. The van der Waals surface area contributed by atoms with Crippen LogP contribution in [0.2, 0.25) is 5.15 Å². The maximum Gasteiger partial charge on any atom is 0.356 e. The average molecular weight is 265 g/mol. The minimum Gasteiger partial charge on any atom is -0.464 e. The predicted octanol–water partition coefficient (Wildman–Crippen LogP) is 2.59.